The number of para-hydroxylation sites is 1. The first kappa shape index (κ1) is 18.7. The van der Waals surface area contributed by atoms with E-state index >= 15 is 0 Å². The molecule has 0 heterocycles. The van der Waals surface area contributed by atoms with Gasteiger partial charge in [0.05, 0.1) is 12.9 Å². The van der Waals surface area contributed by atoms with E-state index in [4.69, 9.17) is 16.3 Å². The maximum Gasteiger partial charge on any atom is 0.230 e. The summed E-state index contributed by atoms with van der Waals surface area (Å²) >= 11 is 7.54. The molecule has 2 aromatic rings. The minimum Gasteiger partial charge on any atom is -0.496 e. The van der Waals surface area contributed by atoms with Gasteiger partial charge in [-0.3, -0.25) is 4.79 Å². The van der Waals surface area contributed by atoms with Gasteiger partial charge < -0.3 is 10.1 Å². The van der Waals surface area contributed by atoms with E-state index in [-0.39, 0.29) is 5.91 Å². The lowest BCUT2D eigenvalue weighted by molar-refractivity contribution is -0.118. The number of benzene rings is 2. The van der Waals surface area contributed by atoms with Gasteiger partial charge in [-0.05, 0) is 42.2 Å². The van der Waals surface area contributed by atoms with Gasteiger partial charge in [-0.1, -0.05) is 41.9 Å². The Hall–Kier alpha value is -1.65. The maximum absolute atomic E-state index is 11.9. The molecule has 0 aliphatic heterocycles. The zero-order valence-corrected chi connectivity index (χ0v) is 15.3. The van der Waals surface area contributed by atoms with Gasteiger partial charge in [0.25, 0.3) is 0 Å². The van der Waals surface area contributed by atoms with Crippen molar-refractivity contribution in [1.29, 1.82) is 0 Å². The molecule has 1 N–H and O–H groups in total. The van der Waals surface area contributed by atoms with Gasteiger partial charge in [0.2, 0.25) is 5.91 Å². The van der Waals surface area contributed by atoms with E-state index in [2.05, 4.69) is 11.4 Å². The van der Waals surface area contributed by atoms with Crippen molar-refractivity contribution >= 4 is 29.3 Å². The second-order valence-electron chi connectivity index (χ2n) is 5.39. The molecule has 0 saturated heterocycles. The molecule has 0 fully saturated rings. The number of carbonyl (C=O) groups excluding carboxylic acids is 1. The number of carbonyl (C=O) groups is 1. The van der Waals surface area contributed by atoms with Crippen LogP contribution < -0.4 is 10.1 Å². The van der Waals surface area contributed by atoms with Crippen LogP contribution in [0.5, 0.6) is 5.75 Å². The van der Waals surface area contributed by atoms with Gasteiger partial charge >= 0.3 is 0 Å². The van der Waals surface area contributed by atoms with E-state index in [1.54, 1.807) is 18.9 Å². The van der Waals surface area contributed by atoms with Gasteiger partial charge in [0.1, 0.15) is 5.75 Å². The van der Waals surface area contributed by atoms with Crippen molar-refractivity contribution in [3.8, 4) is 5.75 Å². The Kier molecular flexibility index (Phi) is 7.99. The zero-order valence-electron chi connectivity index (χ0n) is 13.8. The van der Waals surface area contributed by atoms with E-state index in [0.29, 0.717) is 12.3 Å². The highest BCUT2D eigenvalue weighted by Gasteiger charge is 2.04. The van der Waals surface area contributed by atoms with Crippen molar-refractivity contribution in [1.82, 2.24) is 5.32 Å². The lowest BCUT2D eigenvalue weighted by Crippen LogP contribution is -2.26. The van der Waals surface area contributed by atoms with Crippen molar-refractivity contribution in [2.45, 2.75) is 18.6 Å². The number of hydrogen-bond donors (Lipinski definition) is 1. The molecule has 3 nitrogen and oxygen atoms in total. The molecule has 0 aliphatic carbocycles. The fourth-order valence-electron chi connectivity index (χ4n) is 2.36. The number of hydrogen-bond acceptors (Lipinski definition) is 3. The lowest BCUT2D eigenvalue weighted by Gasteiger charge is -2.09. The van der Waals surface area contributed by atoms with Crippen molar-refractivity contribution in [2.24, 2.45) is 0 Å². The summed E-state index contributed by atoms with van der Waals surface area (Å²) in [6.45, 7) is 0.675. The smallest absolute Gasteiger partial charge is 0.230 e. The quantitative estimate of drug-likeness (QED) is 0.674. The molecule has 2 aromatic carbocycles. The highest BCUT2D eigenvalue weighted by atomic mass is 35.5. The lowest BCUT2D eigenvalue weighted by atomic mass is 10.1. The third-order valence-electron chi connectivity index (χ3n) is 3.53. The first-order valence-electron chi connectivity index (χ1n) is 7.90. The molecule has 0 radical (unpaired) electrons. The number of nitrogens with one attached hydrogen (secondary N) is 1. The molecule has 128 valence electrons. The zero-order chi connectivity index (χ0) is 17.2. The SMILES string of the molecule is COc1ccccc1CCCNC(=O)CSCc1cccc(Cl)c1. The predicted octanol–water partition coefficient (Wildman–Crippen LogP) is 4.33. The summed E-state index contributed by atoms with van der Waals surface area (Å²) in [4.78, 5) is 11.9. The molecule has 5 heteroatoms. The van der Waals surface area contributed by atoms with Gasteiger partial charge in [-0.2, -0.15) is 0 Å². The Morgan fingerprint density at radius 2 is 2.04 bits per heavy atom. The van der Waals surface area contributed by atoms with Crippen molar-refractivity contribution in [3.05, 3.63) is 64.7 Å². The molecule has 0 bridgehead atoms. The second-order valence-corrected chi connectivity index (χ2v) is 6.81. The van der Waals surface area contributed by atoms with Crippen LogP contribution in [-0.4, -0.2) is 25.3 Å². The van der Waals surface area contributed by atoms with Crippen LogP contribution in [0.15, 0.2) is 48.5 Å². The number of methoxy groups -OCH3 is 1. The fourth-order valence-corrected chi connectivity index (χ4v) is 3.37. The van der Waals surface area contributed by atoms with Crippen LogP contribution in [0.4, 0.5) is 0 Å². The first-order valence-corrected chi connectivity index (χ1v) is 9.43. The van der Waals surface area contributed by atoms with Crippen molar-refractivity contribution in [3.63, 3.8) is 0 Å². The number of ether oxygens (including phenoxy) is 1. The highest BCUT2D eigenvalue weighted by molar-refractivity contribution is 7.99. The summed E-state index contributed by atoms with van der Waals surface area (Å²) in [7, 11) is 1.68. The molecule has 24 heavy (non-hydrogen) atoms. The minimum absolute atomic E-state index is 0.0713. The third kappa shape index (κ3) is 6.46. The largest absolute Gasteiger partial charge is 0.496 e. The molecular formula is C19H22ClNO2S. The summed E-state index contributed by atoms with van der Waals surface area (Å²) in [5, 5.41) is 3.69. The molecule has 0 unspecified atom stereocenters. The van der Waals surface area contributed by atoms with Crippen LogP contribution in [0.2, 0.25) is 5.02 Å². The molecule has 0 spiro atoms. The van der Waals surface area contributed by atoms with E-state index in [9.17, 15) is 4.79 Å². The van der Waals surface area contributed by atoms with Crippen LogP contribution in [0.3, 0.4) is 0 Å². The minimum atomic E-state index is 0.0713. The number of amides is 1. The van der Waals surface area contributed by atoms with Crippen LogP contribution >= 0.6 is 23.4 Å². The van der Waals surface area contributed by atoms with E-state index in [1.807, 2.05) is 42.5 Å². The third-order valence-corrected chi connectivity index (χ3v) is 4.77. The molecule has 0 aromatic heterocycles. The van der Waals surface area contributed by atoms with Crippen LogP contribution in [0.1, 0.15) is 17.5 Å². The average molecular weight is 364 g/mol. The Balaban J connectivity index is 1.61. The monoisotopic (exact) mass is 363 g/mol. The first-order chi connectivity index (χ1) is 11.7. The predicted molar refractivity (Wildman–Crippen MR) is 102 cm³/mol. The van der Waals surface area contributed by atoms with Gasteiger partial charge in [-0.15, -0.1) is 11.8 Å². The standard InChI is InChI=1S/C19H22ClNO2S/c1-23-18-10-3-2-7-16(18)8-5-11-21-19(22)14-24-13-15-6-4-9-17(20)12-15/h2-4,6-7,9-10,12H,5,8,11,13-14H2,1H3,(H,21,22). The Labute approximate surface area is 152 Å². The Morgan fingerprint density at radius 1 is 1.21 bits per heavy atom. The van der Waals surface area contributed by atoms with Crippen molar-refractivity contribution < 1.29 is 9.53 Å². The normalized spacial score (nSPS) is 10.4. The molecule has 0 atom stereocenters. The number of thioether (sulfide) groups is 1. The molecular weight excluding hydrogens is 342 g/mol. The molecule has 0 aliphatic rings. The van der Waals surface area contributed by atoms with Crippen LogP contribution in [-0.2, 0) is 17.0 Å². The fraction of sp³-hybridized carbons (Fsp3) is 0.316. The number of aryl methyl sites for hydroxylation is 1. The van der Waals surface area contributed by atoms with Gasteiger partial charge in [0, 0.05) is 17.3 Å². The highest BCUT2D eigenvalue weighted by Crippen LogP contribution is 2.18. The summed E-state index contributed by atoms with van der Waals surface area (Å²) < 4.78 is 5.33. The van der Waals surface area contributed by atoms with E-state index in [1.165, 1.54) is 5.56 Å². The van der Waals surface area contributed by atoms with Crippen molar-refractivity contribution in [2.75, 3.05) is 19.4 Å². The Morgan fingerprint density at radius 3 is 2.83 bits per heavy atom. The van der Waals surface area contributed by atoms with E-state index < -0.39 is 0 Å². The van der Waals surface area contributed by atoms with Gasteiger partial charge in [-0.25, -0.2) is 0 Å². The molecule has 2 rings (SSSR count). The van der Waals surface area contributed by atoms with Crippen LogP contribution in [0.25, 0.3) is 0 Å². The van der Waals surface area contributed by atoms with Crippen LogP contribution in [0, 0.1) is 0 Å². The summed E-state index contributed by atoms with van der Waals surface area (Å²) in [5.41, 5.74) is 2.31. The topological polar surface area (TPSA) is 38.3 Å². The summed E-state index contributed by atoms with van der Waals surface area (Å²) in [5.74, 6) is 2.22. The second kappa shape index (κ2) is 10.3. The maximum atomic E-state index is 11.9. The molecule has 1 amide bonds. The van der Waals surface area contributed by atoms with Gasteiger partial charge in [0.15, 0.2) is 0 Å². The molecule has 0 saturated carbocycles. The Bertz CT molecular complexity index is 663. The van der Waals surface area contributed by atoms with E-state index in [0.717, 1.165) is 34.9 Å². The number of halogens is 1. The summed E-state index contributed by atoms with van der Waals surface area (Å²) in [6, 6.07) is 15.7. The average Bonchev–Trinajstić information content (AvgIpc) is 2.59. The summed E-state index contributed by atoms with van der Waals surface area (Å²) in [6.07, 6.45) is 1.78. The number of rotatable bonds is 9.